The number of hydrogen-bond acceptors (Lipinski definition) is 4. The van der Waals surface area contributed by atoms with Crippen molar-refractivity contribution in [1.29, 1.82) is 0 Å². The molecule has 3 nitrogen and oxygen atoms in total. The molecule has 0 bridgehead atoms. The van der Waals surface area contributed by atoms with Gasteiger partial charge in [-0.1, -0.05) is 0 Å². The zero-order valence-corrected chi connectivity index (χ0v) is 9.58. The van der Waals surface area contributed by atoms with E-state index in [2.05, 4.69) is 9.97 Å². The Bertz CT molecular complexity index is 442. The van der Waals surface area contributed by atoms with Crippen LogP contribution >= 0.6 is 11.3 Å². The number of hydrogen-bond donors (Lipinski definition) is 1. The standard InChI is InChI=1S/C11H13N3S/c1-11(2,12)10-14-9(7-15-10)8-3-5-13-6-4-8/h3-7H,12H2,1-2H3. The topological polar surface area (TPSA) is 51.8 Å². The summed E-state index contributed by atoms with van der Waals surface area (Å²) in [5, 5.41) is 2.98. The maximum absolute atomic E-state index is 5.98. The zero-order chi connectivity index (χ0) is 10.9. The summed E-state index contributed by atoms with van der Waals surface area (Å²) in [7, 11) is 0. The Morgan fingerprint density at radius 1 is 1.27 bits per heavy atom. The highest BCUT2D eigenvalue weighted by molar-refractivity contribution is 7.10. The van der Waals surface area contributed by atoms with Gasteiger partial charge in [0.15, 0.2) is 0 Å². The van der Waals surface area contributed by atoms with Gasteiger partial charge < -0.3 is 5.73 Å². The van der Waals surface area contributed by atoms with Crippen LogP contribution in [-0.4, -0.2) is 9.97 Å². The monoisotopic (exact) mass is 219 g/mol. The minimum atomic E-state index is -0.365. The predicted molar refractivity (Wildman–Crippen MR) is 62.6 cm³/mol. The average molecular weight is 219 g/mol. The van der Waals surface area contributed by atoms with Gasteiger partial charge in [0, 0.05) is 23.3 Å². The molecule has 78 valence electrons. The molecular weight excluding hydrogens is 206 g/mol. The lowest BCUT2D eigenvalue weighted by molar-refractivity contribution is 0.551. The first-order valence-electron chi connectivity index (χ1n) is 4.72. The van der Waals surface area contributed by atoms with Crippen molar-refractivity contribution in [2.24, 2.45) is 5.73 Å². The summed E-state index contributed by atoms with van der Waals surface area (Å²) in [6.45, 7) is 3.92. The number of rotatable bonds is 2. The van der Waals surface area contributed by atoms with E-state index in [0.717, 1.165) is 16.3 Å². The van der Waals surface area contributed by atoms with E-state index in [1.807, 2.05) is 31.4 Å². The number of pyridine rings is 1. The molecule has 0 saturated carbocycles. The summed E-state index contributed by atoms with van der Waals surface area (Å²) in [5.74, 6) is 0. The normalized spacial score (nSPS) is 11.7. The van der Waals surface area contributed by atoms with Crippen molar-refractivity contribution >= 4 is 11.3 Å². The van der Waals surface area contributed by atoms with Gasteiger partial charge in [-0.3, -0.25) is 4.98 Å². The zero-order valence-electron chi connectivity index (χ0n) is 8.77. The van der Waals surface area contributed by atoms with Gasteiger partial charge in [-0.05, 0) is 26.0 Å². The Balaban J connectivity index is 2.37. The van der Waals surface area contributed by atoms with Crippen LogP contribution in [0.2, 0.25) is 0 Å². The van der Waals surface area contributed by atoms with Crippen LogP contribution in [0, 0.1) is 0 Å². The molecule has 0 amide bonds. The summed E-state index contributed by atoms with van der Waals surface area (Å²) in [6, 6.07) is 3.89. The second-order valence-corrected chi connectivity index (χ2v) is 4.85. The first-order chi connectivity index (χ1) is 7.07. The summed E-state index contributed by atoms with van der Waals surface area (Å²) in [6.07, 6.45) is 3.53. The summed E-state index contributed by atoms with van der Waals surface area (Å²) >= 11 is 1.59. The van der Waals surface area contributed by atoms with Crippen LogP contribution in [0.25, 0.3) is 11.3 Å². The molecule has 2 heterocycles. The minimum absolute atomic E-state index is 0.365. The van der Waals surface area contributed by atoms with Crippen molar-refractivity contribution in [1.82, 2.24) is 9.97 Å². The van der Waals surface area contributed by atoms with Crippen molar-refractivity contribution in [2.45, 2.75) is 19.4 Å². The molecule has 2 aromatic rings. The molecule has 0 aliphatic carbocycles. The maximum Gasteiger partial charge on any atom is 0.113 e. The number of aromatic nitrogens is 2. The van der Waals surface area contributed by atoms with Crippen molar-refractivity contribution < 1.29 is 0 Å². The first kappa shape index (κ1) is 10.3. The molecular formula is C11H13N3S. The van der Waals surface area contributed by atoms with E-state index in [9.17, 15) is 0 Å². The van der Waals surface area contributed by atoms with Crippen molar-refractivity contribution in [3.05, 3.63) is 34.9 Å². The molecule has 0 radical (unpaired) electrons. The summed E-state index contributed by atoms with van der Waals surface area (Å²) < 4.78 is 0. The van der Waals surface area contributed by atoms with Gasteiger partial charge in [0.25, 0.3) is 0 Å². The van der Waals surface area contributed by atoms with Crippen LogP contribution in [-0.2, 0) is 5.54 Å². The van der Waals surface area contributed by atoms with E-state index < -0.39 is 0 Å². The molecule has 0 fully saturated rings. The van der Waals surface area contributed by atoms with Crippen LogP contribution in [0.5, 0.6) is 0 Å². The molecule has 2 rings (SSSR count). The molecule has 2 aromatic heterocycles. The van der Waals surface area contributed by atoms with Crippen LogP contribution < -0.4 is 5.73 Å². The fourth-order valence-corrected chi connectivity index (χ4v) is 2.09. The van der Waals surface area contributed by atoms with Crippen LogP contribution in [0.4, 0.5) is 0 Å². The Morgan fingerprint density at radius 3 is 2.47 bits per heavy atom. The lowest BCUT2D eigenvalue weighted by Gasteiger charge is -2.13. The van der Waals surface area contributed by atoms with Gasteiger partial charge in [0.2, 0.25) is 0 Å². The van der Waals surface area contributed by atoms with E-state index in [-0.39, 0.29) is 5.54 Å². The van der Waals surface area contributed by atoms with Crippen LogP contribution in [0.1, 0.15) is 18.9 Å². The van der Waals surface area contributed by atoms with Gasteiger partial charge in [-0.2, -0.15) is 0 Å². The van der Waals surface area contributed by atoms with Crippen molar-refractivity contribution in [3.63, 3.8) is 0 Å². The smallest absolute Gasteiger partial charge is 0.113 e. The number of nitrogens with zero attached hydrogens (tertiary/aromatic N) is 2. The Hall–Kier alpha value is -1.26. The minimum Gasteiger partial charge on any atom is -0.320 e. The quantitative estimate of drug-likeness (QED) is 0.843. The van der Waals surface area contributed by atoms with Crippen molar-refractivity contribution in [3.8, 4) is 11.3 Å². The number of thiazole rings is 1. The van der Waals surface area contributed by atoms with Gasteiger partial charge in [-0.25, -0.2) is 4.98 Å². The van der Waals surface area contributed by atoms with E-state index in [1.54, 1.807) is 23.7 Å². The summed E-state index contributed by atoms with van der Waals surface area (Å²) in [4.78, 5) is 8.49. The van der Waals surface area contributed by atoms with Crippen molar-refractivity contribution in [2.75, 3.05) is 0 Å². The molecule has 2 N–H and O–H groups in total. The fourth-order valence-electron chi connectivity index (χ4n) is 1.22. The van der Waals surface area contributed by atoms with Crippen LogP contribution in [0.15, 0.2) is 29.9 Å². The molecule has 0 aliphatic heterocycles. The van der Waals surface area contributed by atoms with Gasteiger partial charge in [-0.15, -0.1) is 11.3 Å². The van der Waals surface area contributed by atoms with Gasteiger partial charge in [0.05, 0.1) is 11.2 Å². The predicted octanol–water partition coefficient (Wildman–Crippen LogP) is 2.40. The molecule has 0 unspecified atom stereocenters. The van der Waals surface area contributed by atoms with E-state index in [1.165, 1.54) is 0 Å². The van der Waals surface area contributed by atoms with Gasteiger partial charge >= 0.3 is 0 Å². The highest BCUT2D eigenvalue weighted by Crippen LogP contribution is 2.26. The lowest BCUT2D eigenvalue weighted by atomic mass is 10.1. The second kappa shape index (κ2) is 3.72. The molecule has 0 aliphatic rings. The van der Waals surface area contributed by atoms with E-state index in [4.69, 9.17) is 5.73 Å². The SMILES string of the molecule is CC(C)(N)c1nc(-c2ccncc2)cs1. The molecule has 0 aromatic carbocycles. The van der Waals surface area contributed by atoms with Crippen LogP contribution in [0.3, 0.4) is 0 Å². The van der Waals surface area contributed by atoms with E-state index in [0.29, 0.717) is 0 Å². The Labute approximate surface area is 93.0 Å². The summed E-state index contributed by atoms with van der Waals surface area (Å²) in [5.41, 5.74) is 7.67. The average Bonchev–Trinajstić information content (AvgIpc) is 2.67. The highest BCUT2D eigenvalue weighted by atomic mass is 32.1. The Kier molecular flexibility index (Phi) is 2.54. The third-order valence-corrected chi connectivity index (χ3v) is 3.21. The molecule has 0 saturated heterocycles. The molecule has 4 heteroatoms. The first-order valence-corrected chi connectivity index (χ1v) is 5.60. The Morgan fingerprint density at radius 2 is 1.93 bits per heavy atom. The van der Waals surface area contributed by atoms with Gasteiger partial charge in [0.1, 0.15) is 5.01 Å². The molecule has 0 spiro atoms. The third kappa shape index (κ3) is 2.22. The third-order valence-electron chi connectivity index (χ3n) is 2.03. The lowest BCUT2D eigenvalue weighted by Crippen LogP contribution is -2.28. The fraction of sp³-hybridized carbons (Fsp3) is 0.273. The molecule has 15 heavy (non-hydrogen) atoms. The van der Waals surface area contributed by atoms with E-state index >= 15 is 0 Å². The largest absolute Gasteiger partial charge is 0.320 e. The second-order valence-electron chi connectivity index (χ2n) is 4.00. The molecule has 0 atom stereocenters. The number of nitrogens with two attached hydrogens (primary N) is 1. The highest BCUT2D eigenvalue weighted by Gasteiger charge is 2.18. The maximum atomic E-state index is 5.98.